The molecular formula is C10H19NO7. The van der Waals surface area contributed by atoms with E-state index in [4.69, 9.17) is 25.1 Å². The first-order valence-electron chi connectivity index (χ1n) is 5.62. The molecule has 0 amide bonds. The van der Waals surface area contributed by atoms with Crippen molar-refractivity contribution in [2.24, 2.45) is 5.73 Å². The molecule has 106 valence electrons. The van der Waals surface area contributed by atoms with Gasteiger partial charge in [-0.2, -0.15) is 0 Å². The maximum Gasteiger partial charge on any atom is 0.303 e. The van der Waals surface area contributed by atoms with E-state index in [0.717, 1.165) is 6.92 Å². The molecule has 0 aromatic carbocycles. The summed E-state index contributed by atoms with van der Waals surface area (Å²) in [5.41, 5.74) is 5.27. The molecule has 1 fully saturated rings. The number of nitrogens with two attached hydrogens (primary N) is 1. The molecule has 0 aliphatic carbocycles. The smallest absolute Gasteiger partial charge is 0.303 e. The lowest BCUT2D eigenvalue weighted by Crippen LogP contribution is -2.60. The standard InChI is InChI=1S/C10H19NO7/c1-5(13)17-9-8(15)7(14)6(4-12)18-10(9)16-3-2-11/h6-10,12,14-15H,2-4,11H2,1H3/t6-,7-,8+,9-,10-/m1/s1. The van der Waals surface area contributed by atoms with Gasteiger partial charge in [-0.05, 0) is 0 Å². The number of rotatable bonds is 5. The van der Waals surface area contributed by atoms with Crippen molar-refractivity contribution < 1.29 is 34.3 Å². The molecule has 0 aromatic rings. The highest BCUT2D eigenvalue weighted by Gasteiger charge is 2.46. The molecule has 1 aliphatic heterocycles. The molecule has 0 aromatic heterocycles. The van der Waals surface area contributed by atoms with Crippen molar-refractivity contribution in [3.8, 4) is 0 Å². The van der Waals surface area contributed by atoms with Crippen molar-refractivity contribution in [3.63, 3.8) is 0 Å². The Hall–Kier alpha value is -0.770. The van der Waals surface area contributed by atoms with Crippen LogP contribution in [0, 0.1) is 0 Å². The van der Waals surface area contributed by atoms with Crippen molar-refractivity contribution in [1.82, 2.24) is 0 Å². The second-order valence-electron chi connectivity index (χ2n) is 3.94. The van der Waals surface area contributed by atoms with Gasteiger partial charge in [-0.25, -0.2) is 0 Å². The minimum atomic E-state index is -1.40. The fraction of sp³-hybridized carbons (Fsp3) is 0.900. The van der Waals surface area contributed by atoms with Crippen LogP contribution in [0.1, 0.15) is 6.92 Å². The van der Waals surface area contributed by atoms with E-state index in [9.17, 15) is 15.0 Å². The molecule has 0 unspecified atom stereocenters. The molecule has 0 radical (unpaired) electrons. The zero-order valence-electron chi connectivity index (χ0n) is 10.1. The van der Waals surface area contributed by atoms with Gasteiger partial charge in [-0.3, -0.25) is 4.79 Å². The van der Waals surface area contributed by atoms with Gasteiger partial charge in [0, 0.05) is 13.5 Å². The highest BCUT2D eigenvalue weighted by Crippen LogP contribution is 2.24. The third-order valence-corrected chi connectivity index (χ3v) is 2.53. The van der Waals surface area contributed by atoms with Gasteiger partial charge >= 0.3 is 5.97 Å². The van der Waals surface area contributed by atoms with E-state index in [0.29, 0.717) is 0 Å². The van der Waals surface area contributed by atoms with Gasteiger partial charge in [0.25, 0.3) is 0 Å². The highest BCUT2D eigenvalue weighted by molar-refractivity contribution is 5.66. The first kappa shape index (κ1) is 15.3. The van der Waals surface area contributed by atoms with E-state index in [-0.39, 0.29) is 13.2 Å². The molecule has 0 bridgehead atoms. The Kier molecular flexibility index (Phi) is 5.93. The second kappa shape index (κ2) is 6.98. The zero-order valence-corrected chi connectivity index (χ0v) is 10.1. The largest absolute Gasteiger partial charge is 0.454 e. The van der Waals surface area contributed by atoms with Crippen LogP contribution in [0.4, 0.5) is 0 Å². The molecule has 1 saturated heterocycles. The van der Waals surface area contributed by atoms with Gasteiger partial charge in [0.15, 0.2) is 12.4 Å². The van der Waals surface area contributed by atoms with Crippen molar-refractivity contribution in [2.45, 2.75) is 37.6 Å². The van der Waals surface area contributed by atoms with Crippen LogP contribution in [-0.4, -0.2) is 71.8 Å². The van der Waals surface area contributed by atoms with Crippen molar-refractivity contribution in [2.75, 3.05) is 19.8 Å². The number of carbonyl (C=O) groups is 1. The molecule has 1 heterocycles. The quantitative estimate of drug-likeness (QED) is 0.396. The SMILES string of the molecule is CC(=O)O[C@H]1[C@H](OCCN)O[C@H](CO)[C@@H](O)[C@@H]1O. The zero-order chi connectivity index (χ0) is 13.7. The van der Waals surface area contributed by atoms with Crippen molar-refractivity contribution in [3.05, 3.63) is 0 Å². The third kappa shape index (κ3) is 3.61. The number of esters is 1. The molecule has 1 rings (SSSR count). The number of carbonyl (C=O) groups excluding carboxylic acids is 1. The minimum Gasteiger partial charge on any atom is -0.454 e. The first-order valence-corrected chi connectivity index (χ1v) is 5.62. The molecule has 1 aliphatic rings. The molecule has 0 spiro atoms. The Bertz CT molecular complexity index is 275. The van der Waals surface area contributed by atoms with Crippen molar-refractivity contribution in [1.29, 1.82) is 0 Å². The number of aliphatic hydroxyl groups is 3. The molecule has 8 nitrogen and oxygen atoms in total. The molecule has 8 heteroatoms. The minimum absolute atomic E-state index is 0.128. The van der Waals surface area contributed by atoms with Gasteiger partial charge < -0.3 is 35.3 Å². The summed E-state index contributed by atoms with van der Waals surface area (Å²) in [7, 11) is 0. The fourth-order valence-corrected chi connectivity index (χ4v) is 1.69. The van der Waals surface area contributed by atoms with Gasteiger partial charge in [-0.15, -0.1) is 0 Å². The topological polar surface area (TPSA) is 131 Å². The lowest BCUT2D eigenvalue weighted by Gasteiger charge is -2.41. The van der Waals surface area contributed by atoms with E-state index < -0.39 is 43.3 Å². The average Bonchev–Trinajstić information content (AvgIpc) is 2.33. The lowest BCUT2D eigenvalue weighted by molar-refractivity contribution is -0.303. The Morgan fingerprint density at radius 2 is 2.06 bits per heavy atom. The van der Waals surface area contributed by atoms with Crippen molar-refractivity contribution >= 4 is 5.97 Å². The van der Waals surface area contributed by atoms with E-state index in [1.54, 1.807) is 0 Å². The third-order valence-electron chi connectivity index (χ3n) is 2.53. The van der Waals surface area contributed by atoms with E-state index in [1.165, 1.54) is 0 Å². The number of aliphatic hydroxyl groups excluding tert-OH is 3. The number of hydrogen-bond donors (Lipinski definition) is 4. The molecule has 5 atom stereocenters. The van der Waals surface area contributed by atoms with Gasteiger partial charge in [0.1, 0.15) is 18.3 Å². The summed E-state index contributed by atoms with van der Waals surface area (Å²) < 4.78 is 15.3. The van der Waals surface area contributed by atoms with Crippen LogP contribution in [0.3, 0.4) is 0 Å². The normalized spacial score (nSPS) is 36.4. The first-order chi connectivity index (χ1) is 8.51. The predicted molar refractivity (Wildman–Crippen MR) is 58.3 cm³/mol. The van der Waals surface area contributed by atoms with Crippen LogP contribution in [0.25, 0.3) is 0 Å². The van der Waals surface area contributed by atoms with E-state index in [1.807, 2.05) is 0 Å². The summed E-state index contributed by atoms with van der Waals surface area (Å²) in [6.45, 7) is 1.02. The molecular weight excluding hydrogens is 246 g/mol. The van der Waals surface area contributed by atoms with Crippen LogP contribution in [0.15, 0.2) is 0 Å². The maximum atomic E-state index is 10.9. The summed E-state index contributed by atoms with van der Waals surface area (Å²) in [6.07, 6.45) is -6.01. The van der Waals surface area contributed by atoms with Crippen LogP contribution < -0.4 is 5.73 Å². The van der Waals surface area contributed by atoms with Crippen LogP contribution >= 0.6 is 0 Å². The van der Waals surface area contributed by atoms with Gasteiger partial charge in [-0.1, -0.05) is 0 Å². The Balaban J connectivity index is 2.76. The van der Waals surface area contributed by atoms with Crippen LogP contribution in [0.5, 0.6) is 0 Å². The average molecular weight is 265 g/mol. The summed E-state index contributed by atoms with van der Waals surface area (Å²) in [5, 5.41) is 28.5. The van der Waals surface area contributed by atoms with E-state index >= 15 is 0 Å². The van der Waals surface area contributed by atoms with Crippen LogP contribution in [-0.2, 0) is 19.0 Å². The summed E-state index contributed by atoms with van der Waals surface area (Å²) >= 11 is 0. The molecule has 0 saturated carbocycles. The highest BCUT2D eigenvalue weighted by atomic mass is 16.7. The van der Waals surface area contributed by atoms with E-state index in [2.05, 4.69) is 0 Å². The van der Waals surface area contributed by atoms with Crippen LogP contribution in [0.2, 0.25) is 0 Å². The predicted octanol–water partition coefficient (Wildman–Crippen LogP) is -2.67. The second-order valence-corrected chi connectivity index (χ2v) is 3.94. The Morgan fingerprint density at radius 3 is 2.56 bits per heavy atom. The molecule has 5 N–H and O–H groups in total. The summed E-state index contributed by atoms with van der Waals surface area (Å²) in [6, 6.07) is 0. The summed E-state index contributed by atoms with van der Waals surface area (Å²) in [5.74, 6) is -0.640. The monoisotopic (exact) mass is 265 g/mol. The summed E-state index contributed by atoms with van der Waals surface area (Å²) in [4.78, 5) is 10.9. The Morgan fingerprint density at radius 1 is 1.39 bits per heavy atom. The molecule has 18 heavy (non-hydrogen) atoms. The lowest BCUT2D eigenvalue weighted by atomic mass is 9.99. The van der Waals surface area contributed by atoms with Gasteiger partial charge in [0.05, 0.1) is 13.2 Å². The number of hydrogen-bond acceptors (Lipinski definition) is 8. The van der Waals surface area contributed by atoms with Gasteiger partial charge in [0.2, 0.25) is 0 Å². The number of ether oxygens (including phenoxy) is 3. The fourth-order valence-electron chi connectivity index (χ4n) is 1.69. The Labute approximate surface area is 104 Å². The maximum absolute atomic E-state index is 10.9.